The number of rotatable bonds is 9. The summed E-state index contributed by atoms with van der Waals surface area (Å²) in [6.45, 7) is 6.38. The molecule has 196 valence electrons. The Balaban J connectivity index is 1.37. The fourth-order valence-electron chi connectivity index (χ4n) is 4.71. The minimum atomic E-state index is -4.54. The van der Waals surface area contributed by atoms with Crippen molar-refractivity contribution in [2.45, 2.75) is 55.6 Å². The number of carbonyl (C=O) groups is 1. The predicted molar refractivity (Wildman–Crippen MR) is 140 cm³/mol. The van der Waals surface area contributed by atoms with E-state index in [1.54, 1.807) is 24.3 Å². The van der Waals surface area contributed by atoms with E-state index in [-0.39, 0.29) is 0 Å². The molecule has 0 unspecified atom stereocenters. The fourth-order valence-corrected chi connectivity index (χ4v) is 6.17. The number of anilines is 4. The van der Waals surface area contributed by atoms with Gasteiger partial charge in [-0.2, -0.15) is 17.5 Å². The molecule has 0 radical (unpaired) electrons. The number of hydrogen-bond donors (Lipinski definition) is 2. The SMILES string of the molecule is CCc1c(Nc2ncns2)cc(N2CC(C)(C3CC3)C2)nc1Sc1ccc(NC(=O)CC(F)(F)F)cc1. The quantitative estimate of drug-likeness (QED) is 0.315. The molecule has 3 heterocycles. The lowest BCUT2D eigenvalue weighted by Gasteiger charge is -2.49. The Labute approximate surface area is 221 Å². The second-order valence-corrected chi connectivity index (χ2v) is 11.6. The average Bonchev–Trinajstić information content (AvgIpc) is 3.54. The summed E-state index contributed by atoms with van der Waals surface area (Å²) in [6.07, 6.45) is -1.18. The van der Waals surface area contributed by atoms with E-state index in [1.807, 2.05) is 0 Å². The summed E-state index contributed by atoms with van der Waals surface area (Å²) in [5, 5.41) is 7.25. The third-order valence-electron chi connectivity index (χ3n) is 6.73. The van der Waals surface area contributed by atoms with Gasteiger partial charge in [0.2, 0.25) is 11.0 Å². The van der Waals surface area contributed by atoms with E-state index in [0.29, 0.717) is 16.2 Å². The van der Waals surface area contributed by atoms with Crippen molar-refractivity contribution in [2.24, 2.45) is 11.3 Å². The molecule has 12 heteroatoms. The molecule has 3 aromatic rings. The van der Waals surface area contributed by atoms with Crippen molar-refractivity contribution in [1.82, 2.24) is 14.3 Å². The van der Waals surface area contributed by atoms with Gasteiger partial charge in [-0.05, 0) is 49.4 Å². The van der Waals surface area contributed by atoms with Gasteiger partial charge in [-0.3, -0.25) is 4.79 Å². The first-order valence-corrected chi connectivity index (χ1v) is 13.7. The molecule has 37 heavy (non-hydrogen) atoms. The van der Waals surface area contributed by atoms with Gasteiger partial charge in [0.15, 0.2) is 0 Å². The maximum absolute atomic E-state index is 12.5. The number of nitrogens with one attached hydrogen (secondary N) is 2. The first-order chi connectivity index (χ1) is 17.6. The summed E-state index contributed by atoms with van der Waals surface area (Å²) in [4.78, 5) is 24.1. The number of pyridine rings is 1. The summed E-state index contributed by atoms with van der Waals surface area (Å²) < 4.78 is 41.5. The summed E-state index contributed by atoms with van der Waals surface area (Å²) in [5.74, 6) is 0.623. The lowest BCUT2D eigenvalue weighted by Crippen LogP contribution is -2.56. The van der Waals surface area contributed by atoms with Crippen LogP contribution in [0.3, 0.4) is 0 Å². The third-order valence-corrected chi connectivity index (χ3v) is 8.35. The molecule has 0 spiro atoms. The maximum atomic E-state index is 12.5. The standard InChI is InChI=1S/C25H27F3N6OS2/c1-3-18-19(32-23-29-14-30-37-23)10-20(34-12-24(2,13-34)15-4-5-15)33-22(18)36-17-8-6-16(7-9-17)31-21(35)11-25(26,27)28/h6-10,14-15H,3-5,11-13H2,1-2H3,(H,31,35)(H,29,30,32,33). The number of carbonyl (C=O) groups excluding carboxylic acids is 1. The van der Waals surface area contributed by atoms with Gasteiger partial charge in [0.05, 0.1) is 0 Å². The molecule has 2 aliphatic rings. The zero-order valence-electron chi connectivity index (χ0n) is 20.4. The maximum Gasteiger partial charge on any atom is 0.397 e. The van der Waals surface area contributed by atoms with E-state index >= 15 is 0 Å². The number of halogens is 3. The van der Waals surface area contributed by atoms with Crippen molar-refractivity contribution in [1.29, 1.82) is 0 Å². The zero-order valence-corrected chi connectivity index (χ0v) is 22.1. The average molecular weight is 549 g/mol. The van der Waals surface area contributed by atoms with Crippen molar-refractivity contribution >= 4 is 51.5 Å². The number of hydrogen-bond acceptors (Lipinski definition) is 8. The van der Waals surface area contributed by atoms with Gasteiger partial charge in [-0.15, -0.1) is 0 Å². The van der Waals surface area contributed by atoms with Crippen molar-refractivity contribution < 1.29 is 18.0 Å². The van der Waals surface area contributed by atoms with Crippen LogP contribution in [-0.4, -0.2) is 39.5 Å². The van der Waals surface area contributed by atoms with Crippen LogP contribution >= 0.6 is 23.3 Å². The Morgan fingerprint density at radius 2 is 1.97 bits per heavy atom. The van der Waals surface area contributed by atoms with Crippen molar-refractivity contribution in [3.8, 4) is 0 Å². The van der Waals surface area contributed by atoms with E-state index in [1.165, 1.54) is 42.5 Å². The minimum Gasteiger partial charge on any atom is -0.355 e. The van der Waals surface area contributed by atoms with Crippen LogP contribution in [0.1, 0.15) is 38.7 Å². The van der Waals surface area contributed by atoms with Gasteiger partial charge in [0.25, 0.3) is 0 Å². The Morgan fingerprint density at radius 1 is 1.24 bits per heavy atom. The summed E-state index contributed by atoms with van der Waals surface area (Å²) in [6, 6.07) is 8.82. The molecule has 1 saturated carbocycles. The fraction of sp³-hybridized carbons (Fsp3) is 0.440. The second kappa shape index (κ2) is 10.1. The highest BCUT2D eigenvalue weighted by Crippen LogP contribution is 2.52. The lowest BCUT2D eigenvalue weighted by atomic mass is 9.77. The molecule has 1 aromatic carbocycles. The van der Waals surface area contributed by atoms with Gasteiger partial charge < -0.3 is 15.5 Å². The molecular weight excluding hydrogens is 521 g/mol. The number of benzene rings is 1. The number of nitrogens with zero attached hydrogens (tertiary/aromatic N) is 4. The van der Waals surface area contributed by atoms with Gasteiger partial charge in [0, 0.05) is 57.9 Å². The minimum absolute atomic E-state index is 0.314. The van der Waals surface area contributed by atoms with E-state index < -0.39 is 18.5 Å². The van der Waals surface area contributed by atoms with E-state index in [0.717, 1.165) is 52.4 Å². The van der Waals surface area contributed by atoms with Gasteiger partial charge >= 0.3 is 6.18 Å². The van der Waals surface area contributed by atoms with Crippen LogP contribution in [0.25, 0.3) is 0 Å². The molecule has 2 N–H and O–H groups in total. The summed E-state index contributed by atoms with van der Waals surface area (Å²) in [5.41, 5.74) is 2.63. The summed E-state index contributed by atoms with van der Waals surface area (Å²) in [7, 11) is 0. The predicted octanol–water partition coefficient (Wildman–Crippen LogP) is 6.52. The number of alkyl halides is 3. The Bertz CT molecular complexity index is 1260. The Morgan fingerprint density at radius 3 is 2.57 bits per heavy atom. The molecule has 1 aliphatic heterocycles. The van der Waals surface area contributed by atoms with Gasteiger partial charge in [-0.25, -0.2) is 9.97 Å². The summed E-state index contributed by atoms with van der Waals surface area (Å²) >= 11 is 2.77. The van der Waals surface area contributed by atoms with E-state index in [4.69, 9.17) is 4.98 Å². The molecule has 5 rings (SSSR count). The van der Waals surface area contributed by atoms with E-state index in [9.17, 15) is 18.0 Å². The second-order valence-electron chi connectivity index (χ2n) is 9.79. The highest BCUT2D eigenvalue weighted by atomic mass is 32.2. The Hall–Kier alpha value is -2.86. The highest BCUT2D eigenvalue weighted by molar-refractivity contribution is 7.99. The first-order valence-electron chi connectivity index (χ1n) is 12.1. The lowest BCUT2D eigenvalue weighted by molar-refractivity contribution is -0.150. The molecule has 2 aromatic heterocycles. The molecule has 0 bridgehead atoms. The van der Waals surface area contributed by atoms with Crippen molar-refractivity contribution in [2.75, 3.05) is 28.6 Å². The molecule has 0 atom stereocenters. The van der Waals surface area contributed by atoms with Crippen LogP contribution in [0, 0.1) is 11.3 Å². The normalized spacial score (nSPS) is 16.8. The van der Waals surface area contributed by atoms with Crippen LogP contribution in [0.4, 0.5) is 35.5 Å². The monoisotopic (exact) mass is 548 g/mol. The number of amides is 1. The smallest absolute Gasteiger partial charge is 0.355 e. The highest BCUT2D eigenvalue weighted by Gasteiger charge is 2.50. The molecular formula is C25H27F3N6OS2. The van der Waals surface area contributed by atoms with Crippen molar-refractivity contribution in [3.05, 3.63) is 42.2 Å². The van der Waals surface area contributed by atoms with Crippen LogP contribution < -0.4 is 15.5 Å². The van der Waals surface area contributed by atoms with E-state index in [2.05, 4.69) is 44.8 Å². The van der Waals surface area contributed by atoms with Gasteiger partial charge in [-0.1, -0.05) is 25.6 Å². The first kappa shape index (κ1) is 25.8. The largest absolute Gasteiger partial charge is 0.397 e. The molecule has 7 nitrogen and oxygen atoms in total. The third kappa shape index (κ3) is 6.18. The van der Waals surface area contributed by atoms with Crippen LogP contribution in [0.15, 0.2) is 46.6 Å². The van der Waals surface area contributed by atoms with Gasteiger partial charge in [0.1, 0.15) is 23.6 Å². The number of aromatic nitrogens is 3. The molecule has 1 amide bonds. The van der Waals surface area contributed by atoms with Crippen LogP contribution in [0.2, 0.25) is 0 Å². The topological polar surface area (TPSA) is 83.0 Å². The molecule has 1 saturated heterocycles. The van der Waals surface area contributed by atoms with Crippen molar-refractivity contribution in [3.63, 3.8) is 0 Å². The molecule has 1 aliphatic carbocycles. The molecule has 2 fully saturated rings. The van der Waals surface area contributed by atoms with Crippen LogP contribution in [-0.2, 0) is 11.2 Å². The van der Waals surface area contributed by atoms with Crippen LogP contribution in [0.5, 0.6) is 0 Å². The zero-order chi connectivity index (χ0) is 26.2. The Kier molecular flexibility index (Phi) is 7.06.